The smallest absolute Gasteiger partial charge is 0.247 e. The summed E-state index contributed by atoms with van der Waals surface area (Å²) in [6, 6.07) is 5.06. The van der Waals surface area contributed by atoms with Crippen LogP contribution in [0, 0.1) is 6.92 Å². The highest BCUT2D eigenvalue weighted by Crippen LogP contribution is 2.35. The third-order valence-electron chi connectivity index (χ3n) is 5.14. The summed E-state index contributed by atoms with van der Waals surface area (Å²) in [5, 5.41) is 0.540. The molecule has 0 unspecified atom stereocenters. The number of hydrogen-bond donors (Lipinski definition) is 0. The van der Waals surface area contributed by atoms with Crippen molar-refractivity contribution in [2.75, 3.05) is 13.1 Å². The number of nitrogens with zero attached hydrogens (tertiary/aromatic N) is 4. The van der Waals surface area contributed by atoms with Crippen molar-refractivity contribution in [3.63, 3.8) is 0 Å². The molecule has 152 valence electrons. The lowest BCUT2D eigenvalue weighted by molar-refractivity contribution is -0.143. The van der Waals surface area contributed by atoms with E-state index in [9.17, 15) is 9.59 Å². The van der Waals surface area contributed by atoms with Crippen LogP contribution in [0.2, 0.25) is 5.02 Å². The third kappa shape index (κ3) is 4.60. The van der Waals surface area contributed by atoms with Crippen LogP contribution in [0.5, 0.6) is 0 Å². The molecule has 1 aromatic heterocycles. The van der Waals surface area contributed by atoms with Crippen molar-refractivity contribution in [2.24, 2.45) is 0 Å². The van der Waals surface area contributed by atoms with Gasteiger partial charge in [0.15, 0.2) is 0 Å². The Morgan fingerprint density at radius 3 is 2.38 bits per heavy atom. The van der Waals surface area contributed by atoms with Gasteiger partial charge in [-0.2, -0.15) is 0 Å². The summed E-state index contributed by atoms with van der Waals surface area (Å²) >= 11 is 12.0. The normalized spacial score (nSPS) is 19.6. The van der Waals surface area contributed by atoms with Gasteiger partial charge >= 0.3 is 0 Å². The number of carbonyl (C=O) groups excluding carboxylic acids is 2. The lowest BCUT2D eigenvalue weighted by Crippen LogP contribution is -2.56. The van der Waals surface area contributed by atoms with E-state index in [-0.39, 0.29) is 23.9 Å². The molecule has 0 saturated carbocycles. The minimum Gasteiger partial charge on any atom is -0.332 e. The molecule has 2 atom stereocenters. The van der Waals surface area contributed by atoms with E-state index >= 15 is 0 Å². The highest BCUT2D eigenvalue weighted by molar-refractivity contribution is 6.31. The molecule has 0 radical (unpaired) electrons. The van der Waals surface area contributed by atoms with Crippen LogP contribution in [-0.2, 0) is 9.59 Å². The van der Waals surface area contributed by atoms with Gasteiger partial charge in [-0.05, 0) is 43.2 Å². The van der Waals surface area contributed by atoms with E-state index in [4.69, 9.17) is 23.2 Å². The highest BCUT2D eigenvalue weighted by Gasteiger charge is 2.38. The van der Waals surface area contributed by atoms with E-state index in [0.717, 1.165) is 16.7 Å². The molecule has 2 aromatic rings. The number of benzene rings is 1. The van der Waals surface area contributed by atoms with Gasteiger partial charge in [0, 0.05) is 54.6 Å². The average molecular weight is 433 g/mol. The zero-order valence-corrected chi connectivity index (χ0v) is 18.0. The summed E-state index contributed by atoms with van der Waals surface area (Å²) in [5.74, 6) is 0.443. The SMILES string of the molecule is CC(=O)N1CCN(C(=O)/C=C\Cl)[C@@H](C)[C@@H]1c1cc(Cl)cc(-c2cnc(C)nc2)c1. The fourth-order valence-corrected chi connectivity index (χ4v) is 4.10. The maximum atomic E-state index is 12.5. The first kappa shape index (κ1) is 21.3. The largest absolute Gasteiger partial charge is 0.332 e. The molecular weight excluding hydrogens is 411 g/mol. The number of piperazine rings is 1. The minimum atomic E-state index is -0.335. The summed E-state index contributed by atoms with van der Waals surface area (Å²) < 4.78 is 0. The Hall–Kier alpha value is -2.44. The zero-order valence-electron chi connectivity index (χ0n) is 16.5. The molecule has 1 aliphatic heterocycles. The van der Waals surface area contributed by atoms with Crippen LogP contribution in [0.15, 0.2) is 42.2 Å². The van der Waals surface area contributed by atoms with Gasteiger partial charge in [-0.15, -0.1) is 0 Å². The van der Waals surface area contributed by atoms with Gasteiger partial charge in [0.05, 0.1) is 12.1 Å². The Labute approximate surface area is 180 Å². The van der Waals surface area contributed by atoms with Gasteiger partial charge in [0.25, 0.3) is 0 Å². The monoisotopic (exact) mass is 432 g/mol. The standard InChI is InChI=1S/C21H22Cl2N4O2/c1-13-21(27(15(3)28)7-6-26(13)20(29)4-5-22)17-8-16(9-19(23)10-17)18-11-24-14(2)25-12-18/h4-5,8-13,21H,6-7H2,1-3H3/b5-4-/t13-,21+/m0/s1. The Kier molecular flexibility index (Phi) is 6.55. The van der Waals surface area contributed by atoms with Crippen molar-refractivity contribution in [3.8, 4) is 11.1 Å². The first-order chi connectivity index (χ1) is 13.8. The molecule has 1 saturated heterocycles. The maximum Gasteiger partial charge on any atom is 0.247 e. The van der Waals surface area contributed by atoms with Gasteiger partial charge in [0.1, 0.15) is 5.82 Å². The summed E-state index contributed by atoms with van der Waals surface area (Å²) in [5.41, 5.74) is 3.74. The van der Waals surface area contributed by atoms with Crippen molar-refractivity contribution in [3.05, 3.63) is 58.6 Å². The third-order valence-corrected chi connectivity index (χ3v) is 5.48. The molecule has 8 heteroatoms. The second-order valence-corrected chi connectivity index (χ2v) is 7.70. The van der Waals surface area contributed by atoms with Gasteiger partial charge in [0.2, 0.25) is 11.8 Å². The summed E-state index contributed by atoms with van der Waals surface area (Å²) in [6.45, 7) is 6.16. The van der Waals surface area contributed by atoms with E-state index in [1.54, 1.807) is 22.2 Å². The Morgan fingerprint density at radius 2 is 1.76 bits per heavy atom. The summed E-state index contributed by atoms with van der Waals surface area (Å²) in [7, 11) is 0. The fraction of sp³-hybridized carbons (Fsp3) is 0.333. The number of carbonyl (C=O) groups is 2. The van der Waals surface area contributed by atoms with E-state index in [0.29, 0.717) is 23.9 Å². The summed E-state index contributed by atoms with van der Waals surface area (Å²) in [4.78, 5) is 36.8. The Bertz CT molecular complexity index is 946. The predicted octanol–water partition coefficient (Wildman–Crippen LogP) is 3.98. The van der Waals surface area contributed by atoms with Crippen LogP contribution >= 0.6 is 23.2 Å². The Balaban J connectivity index is 2.05. The number of rotatable bonds is 3. The molecule has 1 fully saturated rings. The number of aryl methyl sites for hydroxylation is 1. The molecule has 0 spiro atoms. The minimum absolute atomic E-state index is 0.0537. The van der Waals surface area contributed by atoms with Crippen LogP contribution in [-0.4, -0.2) is 50.7 Å². The van der Waals surface area contributed by atoms with Crippen molar-refractivity contribution in [1.82, 2.24) is 19.8 Å². The van der Waals surface area contributed by atoms with E-state index < -0.39 is 0 Å². The number of amides is 2. The second-order valence-electron chi connectivity index (χ2n) is 7.01. The topological polar surface area (TPSA) is 66.4 Å². The van der Waals surface area contributed by atoms with Gasteiger partial charge < -0.3 is 9.80 Å². The van der Waals surface area contributed by atoms with E-state index in [1.165, 1.54) is 18.5 Å². The van der Waals surface area contributed by atoms with Crippen molar-refractivity contribution in [1.29, 1.82) is 0 Å². The maximum absolute atomic E-state index is 12.5. The van der Waals surface area contributed by atoms with Crippen molar-refractivity contribution in [2.45, 2.75) is 32.9 Å². The van der Waals surface area contributed by atoms with Crippen LogP contribution in [0.3, 0.4) is 0 Å². The first-order valence-electron chi connectivity index (χ1n) is 9.26. The number of hydrogen-bond acceptors (Lipinski definition) is 4. The highest BCUT2D eigenvalue weighted by atomic mass is 35.5. The molecule has 2 heterocycles. The molecule has 0 bridgehead atoms. The molecule has 29 heavy (non-hydrogen) atoms. The van der Waals surface area contributed by atoms with E-state index in [1.807, 2.05) is 32.0 Å². The predicted molar refractivity (Wildman–Crippen MR) is 114 cm³/mol. The van der Waals surface area contributed by atoms with Gasteiger partial charge in [-0.3, -0.25) is 9.59 Å². The quantitative estimate of drug-likeness (QED) is 0.687. The van der Waals surface area contributed by atoms with Crippen LogP contribution in [0.25, 0.3) is 11.1 Å². The first-order valence-corrected chi connectivity index (χ1v) is 10.1. The molecule has 3 rings (SSSR count). The van der Waals surface area contributed by atoms with Crippen molar-refractivity contribution < 1.29 is 9.59 Å². The van der Waals surface area contributed by atoms with Crippen LogP contribution in [0.4, 0.5) is 0 Å². The molecule has 1 aliphatic rings. The summed E-state index contributed by atoms with van der Waals surface area (Å²) in [6.07, 6.45) is 4.81. The van der Waals surface area contributed by atoms with Crippen LogP contribution < -0.4 is 0 Å². The molecule has 0 aliphatic carbocycles. The average Bonchev–Trinajstić information content (AvgIpc) is 2.67. The number of aromatic nitrogens is 2. The fourth-order valence-electron chi connectivity index (χ4n) is 3.75. The van der Waals surface area contributed by atoms with Gasteiger partial charge in [-0.1, -0.05) is 23.2 Å². The van der Waals surface area contributed by atoms with Crippen LogP contribution in [0.1, 0.15) is 31.3 Å². The zero-order chi connectivity index (χ0) is 21.1. The molecule has 6 nitrogen and oxygen atoms in total. The van der Waals surface area contributed by atoms with Gasteiger partial charge in [-0.25, -0.2) is 9.97 Å². The molecule has 1 aromatic carbocycles. The second kappa shape index (κ2) is 8.93. The lowest BCUT2D eigenvalue weighted by Gasteiger charge is -2.46. The molecule has 0 N–H and O–H groups in total. The lowest BCUT2D eigenvalue weighted by atomic mass is 9.92. The number of halogens is 2. The molecular formula is C21H22Cl2N4O2. The van der Waals surface area contributed by atoms with Crippen molar-refractivity contribution >= 4 is 35.0 Å². The molecule has 2 amide bonds. The van der Waals surface area contributed by atoms with E-state index in [2.05, 4.69) is 9.97 Å². The Morgan fingerprint density at radius 1 is 1.10 bits per heavy atom.